The van der Waals surface area contributed by atoms with E-state index in [-0.39, 0.29) is 5.69 Å². The second-order valence-corrected chi connectivity index (χ2v) is 10.0. The normalized spacial score (nSPS) is 10.8. The van der Waals surface area contributed by atoms with E-state index in [0.29, 0.717) is 27.3 Å². The first-order valence-electron chi connectivity index (χ1n) is 10.4. The second kappa shape index (κ2) is 10.2. The average molecular weight is 619 g/mol. The lowest BCUT2D eigenvalue weighted by atomic mass is 10.2. The number of aromatic nitrogens is 1. The van der Waals surface area contributed by atoms with Gasteiger partial charge in [0.25, 0.3) is 5.91 Å². The van der Waals surface area contributed by atoms with E-state index in [9.17, 15) is 14.4 Å². The predicted molar refractivity (Wildman–Crippen MR) is 146 cm³/mol. The fourth-order valence-electron chi connectivity index (χ4n) is 3.40. The van der Waals surface area contributed by atoms with E-state index in [0.717, 1.165) is 20.1 Å². The van der Waals surface area contributed by atoms with Gasteiger partial charge in [-0.2, -0.15) is 0 Å². The summed E-state index contributed by atoms with van der Waals surface area (Å²) in [5, 5.41) is 6.52. The lowest BCUT2D eigenvalue weighted by molar-refractivity contribution is -0.133. The number of carbonyl (C=O) groups excluding carboxylic acids is 3. The Morgan fingerprint density at radius 1 is 0.800 bits per heavy atom. The van der Waals surface area contributed by atoms with Crippen LogP contribution in [0.1, 0.15) is 21.6 Å². The van der Waals surface area contributed by atoms with Crippen LogP contribution in [0.3, 0.4) is 0 Å². The third kappa shape index (κ3) is 5.58. The number of nitrogens with one attached hydrogen (secondary N) is 3. The Morgan fingerprint density at radius 2 is 1.51 bits per heavy atom. The van der Waals surface area contributed by atoms with Gasteiger partial charge in [0.1, 0.15) is 5.69 Å². The van der Waals surface area contributed by atoms with Crippen LogP contribution >= 0.6 is 43.5 Å². The number of anilines is 2. The number of hydrogen-bond donors (Lipinski definition) is 3. The topological polar surface area (TPSA) is 92.2 Å². The Morgan fingerprint density at radius 3 is 2.23 bits per heavy atom. The first-order chi connectivity index (χ1) is 16.6. The lowest BCUT2D eigenvalue weighted by Gasteiger charge is -2.13. The van der Waals surface area contributed by atoms with E-state index in [2.05, 4.69) is 47.9 Å². The number of hydrogen-bond acceptors (Lipinski definition) is 3. The van der Waals surface area contributed by atoms with Crippen molar-refractivity contribution in [3.63, 3.8) is 0 Å². The molecule has 0 bridgehead atoms. The molecule has 35 heavy (non-hydrogen) atoms. The molecule has 4 aromatic rings. The van der Waals surface area contributed by atoms with Crippen molar-refractivity contribution in [3.05, 3.63) is 91.5 Å². The van der Waals surface area contributed by atoms with E-state index < -0.39 is 17.7 Å². The van der Waals surface area contributed by atoms with E-state index in [4.69, 9.17) is 11.6 Å². The van der Waals surface area contributed by atoms with Gasteiger partial charge in [0.05, 0.1) is 5.52 Å². The molecule has 0 radical (unpaired) electrons. The van der Waals surface area contributed by atoms with Crippen LogP contribution in [0.25, 0.3) is 10.9 Å². The molecule has 3 amide bonds. The van der Waals surface area contributed by atoms with Gasteiger partial charge < -0.3 is 10.6 Å². The molecular weight excluding hydrogens is 600 g/mol. The minimum absolute atomic E-state index is 0.151. The molecule has 0 unspecified atom stereocenters. The summed E-state index contributed by atoms with van der Waals surface area (Å²) in [6, 6.07) is 17.3. The summed E-state index contributed by atoms with van der Waals surface area (Å²) < 4.78 is 3.02. The average Bonchev–Trinajstić information content (AvgIpc) is 3.16. The zero-order valence-corrected chi connectivity index (χ0v) is 22.5. The second-order valence-electron chi connectivity index (χ2n) is 7.85. The highest BCUT2D eigenvalue weighted by Crippen LogP contribution is 2.25. The third-order valence-electron chi connectivity index (χ3n) is 5.26. The highest BCUT2D eigenvalue weighted by Gasteiger charge is 2.21. The summed E-state index contributed by atoms with van der Waals surface area (Å²) in [7, 11) is 0. The Kier molecular flexibility index (Phi) is 7.30. The van der Waals surface area contributed by atoms with Crippen LogP contribution in [0.4, 0.5) is 11.4 Å². The monoisotopic (exact) mass is 616 g/mol. The fourth-order valence-corrected chi connectivity index (χ4v) is 4.21. The van der Waals surface area contributed by atoms with E-state index in [1.807, 2.05) is 32.0 Å². The molecule has 0 aliphatic rings. The first kappa shape index (κ1) is 25.0. The smallest absolute Gasteiger partial charge is 0.321 e. The molecule has 7 nitrogen and oxygen atoms in total. The largest absolute Gasteiger partial charge is 0.328 e. The Labute approximate surface area is 223 Å². The Balaban J connectivity index is 1.62. The zero-order chi connectivity index (χ0) is 25.3. The molecule has 0 fully saturated rings. The fraction of sp³-hybridized carbons (Fsp3) is 0.0800. The molecule has 1 heterocycles. The number of fused-ring (bicyclic) bond motifs is 1. The Bertz CT molecular complexity index is 1500. The number of halogens is 3. The molecule has 4 rings (SSSR count). The summed E-state index contributed by atoms with van der Waals surface area (Å²) in [6.07, 6.45) is 0. The van der Waals surface area contributed by atoms with Gasteiger partial charge in [-0.1, -0.05) is 49.5 Å². The van der Waals surface area contributed by atoms with Gasteiger partial charge in [0.2, 0.25) is 0 Å². The van der Waals surface area contributed by atoms with Gasteiger partial charge in [0.15, 0.2) is 0 Å². The Hall–Kier alpha value is -3.14. The van der Waals surface area contributed by atoms with Crippen LogP contribution in [-0.2, 0) is 9.59 Å². The minimum atomic E-state index is -0.948. The number of aryl methyl sites for hydroxylation is 2. The van der Waals surface area contributed by atoms with Crippen LogP contribution in [0.5, 0.6) is 0 Å². The predicted octanol–water partition coefficient (Wildman–Crippen LogP) is 6.40. The van der Waals surface area contributed by atoms with Crippen molar-refractivity contribution >= 4 is 83.5 Å². The SMILES string of the molecule is Cc1ccc(NC(=O)C(=O)Nn2c(C(=O)Nc3ccc(Br)c(C)c3)cc3cc(Br)ccc32)cc1Cl. The van der Waals surface area contributed by atoms with Gasteiger partial charge in [-0.15, -0.1) is 0 Å². The molecule has 0 atom stereocenters. The molecule has 0 saturated heterocycles. The van der Waals surface area contributed by atoms with E-state index in [1.165, 1.54) is 4.68 Å². The molecule has 3 N–H and O–H groups in total. The molecular formula is C25H19Br2ClN4O3. The molecule has 10 heteroatoms. The highest BCUT2D eigenvalue weighted by molar-refractivity contribution is 9.10. The number of carbonyl (C=O) groups is 3. The third-order valence-corrected chi connectivity index (χ3v) is 7.05. The van der Waals surface area contributed by atoms with Crippen molar-refractivity contribution < 1.29 is 14.4 Å². The van der Waals surface area contributed by atoms with Gasteiger partial charge in [0, 0.05) is 30.7 Å². The summed E-state index contributed by atoms with van der Waals surface area (Å²) in [5.41, 5.74) is 6.00. The van der Waals surface area contributed by atoms with Crippen molar-refractivity contribution in [1.82, 2.24) is 4.68 Å². The summed E-state index contributed by atoms with van der Waals surface area (Å²) in [5.74, 6) is -2.31. The van der Waals surface area contributed by atoms with Gasteiger partial charge >= 0.3 is 11.8 Å². The number of rotatable bonds is 4. The maximum absolute atomic E-state index is 13.2. The van der Waals surface area contributed by atoms with Crippen LogP contribution in [0.15, 0.2) is 69.6 Å². The first-order valence-corrected chi connectivity index (χ1v) is 12.4. The van der Waals surface area contributed by atoms with Crippen molar-refractivity contribution in [2.75, 3.05) is 16.1 Å². The number of benzene rings is 3. The van der Waals surface area contributed by atoms with Crippen LogP contribution < -0.4 is 16.1 Å². The molecule has 0 spiro atoms. The molecule has 0 saturated carbocycles. The van der Waals surface area contributed by atoms with Gasteiger partial charge in [-0.25, -0.2) is 4.68 Å². The summed E-state index contributed by atoms with van der Waals surface area (Å²) >= 11 is 13.0. The van der Waals surface area contributed by atoms with Crippen LogP contribution in [0.2, 0.25) is 5.02 Å². The summed E-state index contributed by atoms with van der Waals surface area (Å²) in [4.78, 5) is 38.5. The van der Waals surface area contributed by atoms with Gasteiger partial charge in [-0.05, 0) is 79.6 Å². The molecule has 0 aliphatic heterocycles. The van der Waals surface area contributed by atoms with Crippen LogP contribution in [0, 0.1) is 13.8 Å². The standard InChI is InChI=1S/C25H19Br2ClN4O3/c1-13-3-5-18(12-20(13)28)30-24(34)25(35)31-32-21-8-4-16(26)10-15(21)11-22(32)23(33)29-17-6-7-19(27)14(2)9-17/h3-12H,1-2H3,(H,29,33)(H,30,34)(H,31,35). The molecule has 1 aromatic heterocycles. The maximum Gasteiger partial charge on any atom is 0.328 e. The molecule has 3 aromatic carbocycles. The molecule has 178 valence electrons. The van der Waals surface area contributed by atoms with Crippen molar-refractivity contribution in [2.45, 2.75) is 13.8 Å². The van der Waals surface area contributed by atoms with E-state index >= 15 is 0 Å². The van der Waals surface area contributed by atoms with Gasteiger partial charge in [-0.3, -0.25) is 19.8 Å². The molecule has 0 aliphatic carbocycles. The van der Waals surface area contributed by atoms with Crippen molar-refractivity contribution in [3.8, 4) is 0 Å². The maximum atomic E-state index is 13.2. The quantitative estimate of drug-likeness (QED) is 0.231. The number of amides is 3. The van der Waals surface area contributed by atoms with Crippen molar-refractivity contribution in [2.24, 2.45) is 0 Å². The summed E-state index contributed by atoms with van der Waals surface area (Å²) in [6.45, 7) is 3.74. The van der Waals surface area contributed by atoms with Crippen LogP contribution in [-0.4, -0.2) is 22.4 Å². The highest BCUT2D eigenvalue weighted by atomic mass is 79.9. The number of nitrogens with zero attached hydrogens (tertiary/aromatic N) is 1. The zero-order valence-electron chi connectivity index (χ0n) is 18.6. The minimum Gasteiger partial charge on any atom is -0.321 e. The lowest BCUT2D eigenvalue weighted by Crippen LogP contribution is -2.36. The van der Waals surface area contributed by atoms with Crippen molar-refractivity contribution in [1.29, 1.82) is 0 Å². The van der Waals surface area contributed by atoms with E-state index in [1.54, 1.807) is 42.5 Å².